The number of halogens is 3. The number of alkyl halides is 3. The summed E-state index contributed by atoms with van der Waals surface area (Å²) < 4.78 is 50.1. The molecule has 0 aliphatic rings. The first kappa shape index (κ1) is 27.6. The minimum atomic E-state index is -4.73. The smallest absolute Gasteiger partial charge is 0.416 e. The zero-order valence-corrected chi connectivity index (χ0v) is 19.9. The zero-order valence-electron chi connectivity index (χ0n) is 19.9. The molecule has 0 fully saturated rings. The predicted octanol–water partition coefficient (Wildman–Crippen LogP) is 6.28. The maximum absolute atomic E-state index is 12.9. The SMILES string of the molecule is C=CCc1cc(/C=N\Nc2ccc(C(F)(F)F)cc2[N+](=O)[O-])cc(OC)c1OCc1ccc([N+](=O)[O-])cc1. The fourth-order valence-electron chi connectivity index (χ4n) is 3.38. The molecule has 198 valence electrons. The highest BCUT2D eigenvalue weighted by atomic mass is 19.4. The molecule has 10 nitrogen and oxygen atoms in total. The quantitative estimate of drug-likeness (QED) is 0.134. The predicted molar refractivity (Wildman–Crippen MR) is 134 cm³/mol. The minimum absolute atomic E-state index is 0.0439. The fraction of sp³-hybridized carbons (Fsp3) is 0.160. The Labute approximate surface area is 214 Å². The summed E-state index contributed by atoms with van der Waals surface area (Å²) >= 11 is 0. The number of nitrogens with zero attached hydrogens (tertiary/aromatic N) is 3. The highest BCUT2D eigenvalue weighted by Crippen LogP contribution is 2.36. The number of allylic oxidation sites excluding steroid dienone is 1. The Morgan fingerprint density at radius 1 is 1.05 bits per heavy atom. The van der Waals surface area contributed by atoms with Crippen molar-refractivity contribution in [3.8, 4) is 11.5 Å². The molecule has 0 aliphatic carbocycles. The summed E-state index contributed by atoms with van der Waals surface area (Å²) in [5.74, 6) is 0.752. The van der Waals surface area contributed by atoms with E-state index in [0.29, 0.717) is 46.7 Å². The lowest BCUT2D eigenvalue weighted by Crippen LogP contribution is -2.06. The normalized spacial score (nSPS) is 11.3. The van der Waals surface area contributed by atoms with Gasteiger partial charge in [0.05, 0.1) is 28.7 Å². The van der Waals surface area contributed by atoms with Gasteiger partial charge < -0.3 is 9.47 Å². The second kappa shape index (κ2) is 11.9. The summed E-state index contributed by atoms with van der Waals surface area (Å²) in [7, 11) is 1.43. The van der Waals surface area contributed by atoms with Crippen LogP contribution < -0.4 is 14.9 Å². The monoisotopic (exact) mass is 530 g/mol. The van der Waals surface area contributed by atoms with Crippen molar-refractivity contribution in [2.45, 2.75) is 19.2 Å². The van der Waals surface area contributed by atoms with E-state index < -0.39 is 27.3 Å². The third kappa shape index (κ3) is 6.84. The first-order valence-corrected chi connectivity index (χ1v) is 10.9. The van der Waals surface area contributed by atoms with E-state index in [0.717, 1.165) is 6.07 Å². The van der Waals surface area contributed by atoms with Gasteiger partial charge >= 0.3 is 6.18 Å². The molecule has 1 N–H and O–H groups in total. The van der Waals surface area contributed by atoms with Gasteiger partial charge in [-0.2, -0.15) is 18.3 Å². The maximum atomic E-state index is 12.9. The zero-order chi connectivity index (χ0) is 27.9. The number of hydrogen-bond donors (Lipinski definition) is 1. The molecule has 0 aliphatic heterocycles. The van der Waals surface area contributed by atoms with Crippen LogP contribution in [0.1, 0.15) is 22.3 Å². The number of hydrogen-bond acceptors (Lipinski definition) is 8. The first-order chi connectivity index (χ1) is 18.0. The number of hydrazone groups is 1. The van der Waals surface area contributed by atoms with Crippen LogP contribution in [0.4, 0.5) is 30.2 Å². The lowest BCUT2D eigenvalue weighted by molar-refractivity contribution is -0.384. The van der Waals surface area contributed by atoms with Crippen LogP contribution in [0.5, 0.6) is 11.5 Å². The van der Waals surface area contributed by atoms with Gasteiger partial charge in [0.2, 0.25) is 0 Å². The van der Waals surface area contributed by atoms with Crippen molar-refractivity contribution in [3.63, 3.8) is 0 Å². The lowest BCUT2D eigenvalue weighted by atomic mass is 10.1. The van der Waals surface area contributed by atoms with Gasteiger partial charge in [-0.1, -0.05) is 6.08 Å². The molecule has 0 aromatic heterocycles. The maximum Gasteiger partial charge on any atom is 0.416 e. The molecule has 0 amide bonds. The number of benzene rings is 3. The van der Waals surface area contributed by atoms with Crippen LogP contribution in [0.25, 0.3) is 0 Å². The van der Waals surface area contributed by atoms with Crippen LogP contribution in [-0.2, 0) is 19.2 Å². The molecule has 0 spiro atoms. The van der Waals surface area contributed by atoms with E-state index in [1.54, 1.807) is 30.3 Å². The molecule has 0 radical (unpaired) electrons. The molecule has 13 heteroatoms. The number of nitro benzene ring substituents is 2. The summed E-state index contributed by atoms with van der Waals surface area (Å²) in [6.07, 6.45) is -1.40. The second-order valence-electron chi connectivity index (χ2n) is 7.77. The highest BCUT2D eigenvalue weighted by Gasteiger charge is 2.33. The van der Waals surface area contributed by atoms with Crippen LogP contribution in [0.3, 0.4) is 0 Å². The Balaban J connectivity index is 1.83. The van der Waals surface area contributed by atoms with Gasteiger partial charge in [0.25, 0.3) is 11.4 Å². The van der Waals surface area contributed by atoms with Crippen molar-refractivity contribution < 1.29 is 32.5 Å². The van der Waals surface area contributed by atoms with E-state index in [1.165, 1.54) is 25.5 Å². The first-order valence-electron chi connectivity index (χ1n) is 10.9. The average Bonchev–Trinajstić information content (AvgIpc) is 2.87. The summed E-state index contributed by atoms with van der Waals surface area (Å²) in [5, 5.41) is 26.0. The minimum Gasteiger partial charge on any atom is -0.493 e. The second-order valence-corrected chi connectivity index (χ2v) is 7.77. The molecular formula is C25H21F3N4O6. The topological polar surface area (TPSA) is 129 Å². The molecule has 3 aromatic carbocycles. The summed E-state index contributed by atoms with van der Waals surface area (Å²) in [6.45, 7) is 3.83. The van der Waals surface area contributed by atoms with Crippen molar-refractivity contribution >= 4 is 23.3 Å². The molecular weight excluding hydrogens is 509 g/mol. The van der Waals surface area contributed by atoms with Crippen molar-refractivity contribution in [1.82, 2.24) is 0 Å². The van der Waals surface area contributed by atoms with Gasteiger partial charge in [-0.3, -0.25) is 25.7 Å². The van der Waals surface area contributed by atoms with Gasteiger partial charge in [0.15, 0.2) is 11.5 Å². The summed E-state index contributed by atoms with van der Waals surface area (Å²) in [4.78, 5) is 20.7. The van der Waals surface area contributed by atoms with Crippen LogP contribution in [-0.4, -0.2) is 23.2 Å². The van der Waals surface area contributed by atoms with E-state index in [4.69, 9.17) is 9.47 Å². The third-order valence-electron chi connectivity index (χ3n) is 5.19. The number of anilines is 1. The number of ether oxygens (including phenoxy) is 2. The largest absolute Gasteiger partial charge is 0.493 e. The molecule has 3 aromatic rings. The number of nitrogens with one attached hydrogen (secondary N) is 1. The average molecular weight is 530 g/mol. The summed E-state index contributed by atoms with van der Waals surface area (Å²) in [5.41, 5.74) is 2.07. The van der Waals surface area contributed by atoms with E-state index in [1.807, 2.05) is 0 Å². The molecule has 3 rings (SSSR count). The Kier molecular flexibility index (Phi) is 8.63. The van der Waals surface area contributed by atoms with Gasteiger partial charge in [0, 0.05) is 23.8 Å². The van der Waals surface area contributed by atoms with Crippen LogP contribution >= 0.6 is 0 Å². The van der Waals surface area contributed by atoms with Gasteiger partial charge in [-0.05, 0) is 53.9 Å². The Bertz CT molecular complexity index is 1370. The third-order valence-corrected chi connectivity index (χ3v) is 5.19. The Morgan fingerprint density at radius 2 is 1.76 bits per heavy atom. The van der Waals surface area contributed by atoms with E-state index in [-0.39, 0.29) is 18.0 Å². The lowest BCUT2D eigenvalue weighted by Gasteiger charge is -2.16. The van der Waals surface area contributed by atoms with E-state index in [2.05, 4.69) is 17.1 Å². The van der Waals surface area contributed by atoms with Gasteiger partial charge in [0.1, 0.15) is 12.3 Å². The molecule has 0 atom stereocenters. The molecule has 0 saturated carbocycles. The Morgan fingerprint density at radius 3 is 2.34 bits per heavy atom. The number of nitro groups is 2. The van der Waals surface area contributed by atoms with Gasteiger partial charge in [-0.25, -0.2) is 0 Å². The van der Waals surface area contributed by atoms with E-state index >= 15 is 0 Å². The van der Waals surface area contributed by atoms with Crippen LogP contribution in [0.2, 0.25) is 0 Å². The highest BCUT2D eigenvalue weighted by molar-refractivity contribution is 5.82. The summed E-state index contributed by atoms with van der Waals surface area (Å²) in [6, 6.07) is 11.3. The number of rotatable bonds is 11. The molecule has 38 heavy (non-hydrogen) atoms. The van der Waals surface area contributed by atoms with Gasteiger partial charge in [-0.15, -0.1) is 6.58 Å². The van der Waals surface area contributed by atoms with Crippen molar-refractivity contribution in [2.75, 3.05) is 12.5 Å². The molecule has 0 saturated heterocycles. The molecule has 0 bridgehead atoms. The molecule has 0 heterocycles. The van der Waals surface area contributed by atoms with Crippen molar-refractivity contribution in [3.05, 3.63) is 110 Å². The van der Waals surface area contributed by atoms with Crippen LogP contribution in [0, 0.1) is 20.2 Å². The number of methoxy groups -OCH3 is 1. The standard InChI is InChI=1S/C25H21F3N4O6/c1-3-4-18-11-17(14-29-30-21-10-7-19(25(26,27)28)13-22(21)32(35)36)12-23(37-2)24(18)38-15-16-5-8-20(9-6-16)31(33)34/h3,5-14,30H,1,4,15H2,2H3/b29-14-. The van der Waals surface area contributed by atoms with E-state index in [9.17, 15) is 33.4 Å². The van der Waals surface area contributed by atoms with Crippen molar-refractivity contribution in [1.29, 1.82) is 0 Å². The molecule has 0 unspecified atom stereocenters. The van der Waals surface area contributed by atoms with Crippen LogP contribution in [0.15, 0.2) is 72.4 Å². The number of non-ortho nitro benzene ring substituents is 1. The van der Waals surface area contributed by atoms with Crippen molar-refractivity contribution in [2.24, 2.45) is 5.10 Å². The fourth-order valence-corrected chi connectivity index (χ4v) is 3.38. The Hall–Kier alpha value is -4.94.